The van der Waals surface area contributed by atoms with Crippen molar-refractivity contribution in [1.29, 1.82) is 0 Å². The van der Waals surface area contributed by atoms with Gasteiger partial charge < -0.3 is 5.32 Å². The summed E-state index contributed by atoms with van der Waals surface area (Å²) in [5.41, 5.74) is 2.83. The molecule has 1 atom stereocenters. The maximum Gasteiger partial charge on any atom is 0.320 e. The second kappa shape index (κ2) is 7.19. The molecular weight excluding hydrogens is 370 g/mol. The Hall–Kier alpha value is -2.61. The predicted molar refractivity (Wildman–Crippen MR) is 100 cm³/mol. The van der Waals surface area contributed by atoms with Crippen molar-refractivity contribution < 1.29 is 13.6 Å². The maximum atomic E-state index is 13.1. The molecule has 0 spiro atoms. The fourth-order valence-electron chi connectivity index (χ4n) is 3.52. The molecule has 140 valence electrons. The second-order valence-electron chi connectivity index (χ2n) is 6.50. The summed E-state index contributed by atoms with van der Waals surface area (Å²) in [4.78, 5) is 21.7. The molecule has 2 aromatic heterocycles. The fraction of sp³-hybridized carbons (Fsp3) is 0.316. The molecule has 0 radical (unpaired) electrons. The Morgan fingerprint density at radius 3 is 3.00 bits per heavy atom. The number of rotatable bonds is 4. The van der Waals surface area contributed by atoms with E-state index in [0.717, 1.165) is 40.7 Å². The third-order valence-corrected chi connectivity index (χ3v) is 5.86. The number of carbonyl (C=O) groups excluding carboxylic acids is 1. The van der Waals surface area contributed by atoms with Crippen LogP contribution in [0.3, 0.4) is 0 Å². The van der Waals surface area contributed by atoms with Gasteiger partial charge in [0.15, 0.2) is 11.0 Å². The molecule has 1 unspecified atom stereocenters. The molecule has 3 aromatic rings. The Labute approximate surface area is 159 Å². The SMILES string of the molecule is Cc1nc(NC(=O)C2CCCc3ccccc32)sc1-c1nccn1C(F)F. The predicted octanol–water partition coefficient (Wildman–Crippen LogP) is 4.77. The van der Waals surface area contributed by atoms with Crippen LogP contribution in [0.25, 0.3) is 10.7 Å². The number of carbonyl (C=O) groups is 1. The van der Waals surface area contributed by atoms with Crippen molar-refractivity contribution in [3.63, 3.8) is 0 Å². The highest BCUT2D eigenvalue weighted by atomic mass is 32.1. The van der Waals surface area contributed by atoms with Crippen LogP contribution in [0.15, 0.2) is 36.7 Å². The average molecular weight is 388 g/mol. The van der Waals surface area contributed by atoms with Gasteiger partial charge in [-0.2, -0.15) is 8.78 Å². The van der Waals surface area contributed by atoms with Crippen molar-refractivity contribution in [1.82, 2.24) is 14.5 Å². The van der Waals surface area contributed by atoms with Gasteiger partial charge in [-0.1, -0.05) is 35.6 Å². The summed E-state index contributed by atoms with van der Waals surface area (Å²) in [6, 6.07) is 7.99. The van der Waals surface area contributed by atoms with Crippen LogP contribution in [0.2, 0.25) is 0 Å². The molecule has 5 nitrogen and oxygen atoms in total. The Kier molecular flexibility index (Phi) is 4.73. The quantitative estimate of drug-likeness (QED) is 0.700. The monoisotopic (exact) mass is 388 g/mol. The number of benzene rings is 1. The molecule has 1 N–H and O–H groups in total. The van der Waals surface area contributed by atoms with Crippen LogP contribution in [0.1, 0.15) is 42.1 Å². The highest BCUT2D eigenvalue weighted by Gasteiger charge is 2.27. The number of aromatic nitrogens is 3. The Balaban J connectivity index is 1.58. The molecule has 1 aliphatic carbocycles. The van der Waals surface area contributed by atoms with Gasteiger partial charge in [-0.3, -0.25) is 9.36 Å². The van der Waals surface area contributed by atoms with E-state index < -0.39 is 6.55 Å². The van der Waals surface area contributed by atoms with Crippen LogP contribution >= 0.6 is 11.3 Å². The fourth-order valence-corrected chi connectivity index (χ4v) is 4.49. The number of amides is 1. The van der Waals surface area contributed by atoms with Gasteiger partial charge in [0.2, 0.25) is 5.91 Å². The molecule has 1 aromatic carbocycles. The number of fused-ring (bicyclic) bond motifs is 1. The zero-order valence-electron chi connectivity index (χ0n) is 14.7. The van der Waals surface area contributed by atoms with E-state index in [1.165, 1.54) is 18.0 Å². The van der Waals surface area contributed by atoms with Crippen molar-refractivity contribution in [3.8, 4) is 10.7 Å². The van der Waals surface area contributed by atoms with E-state index in [2.05, 4.69) is 21.4 Å². The lowest BCUT2D eigenvalue weighted by Crippen LogP contribution is -2.24. The van der Waals surface area contributed by atoms with E-state index in [4.69, 9.17) is 0 Å². The summed E-state index contributed by atoms with van der Waals surface area (Å²) in [6.45, 7) is -0.956. The summed E-state index contributed by atoms with van der Waals surface area (Å²) < 4.78 is 27.0. The molecule has 1 amide bonds. The molecule has 0 bridgehead atoms. The maximum absolute atomic E-state index is 13.1. The van der Waals surface area contributed by atoms with Gasteiger partial charge in [0.05, 0.1) is 16.5 Å². The number of anilines is 1. The minimum Gasteiger partial charge on any atom is -0.301 e. The van der Waals surface area contributed by atoms with Crippen molar-refractivity contribution in [2.24, 2.45) is 0 Å². The third-order valence-electron chi connectivity index (χ3n) is 4.79. The van der Waals surface area contributed by atoms with Crippen LogP contribution in [0, 0.1) is 6.92 Å². The Bertz CT molecular complexity index is 982. The van der Waals surface area contributed by atoms with Gasteiger partial charge in [0, 0.05) is 12.4 Å². The van der Waals surface area contributed by atoms with Gasteiger partial charge in [-0.05, 0) is 37.3 Å². The number of hydrogen-bond acceptors (Lipinski definition) is 4. The molecule has 0 aliphatic heterocycles. The molecule has 27 heavy (non-hydrogen) atoms. The van der Waals surface area contributed by atoms with E-state index in [0.29, 0.717) is 15.7 Å². The summed E-state index contributed by atoms with van der Waals surface area (Å²) >= 11 is 1.16. The van der Waals surface area contributed by atoms with E-state index in [-0.39, 0.29) is 17.6 Å². The Morgan fingerprint density at radius 2 is 2.19 bits per heavy atom. The number of halogens is 2. The largest absolute Gasteiger partial charge is 0.320 e. The van der Waals surface area contributed by atoms with Gasteiger partial charge in [0.1, 0.15) is 0 Å². The summed E-state index contributed by atoms with van der Waals surface area (Å²) in [7, 11) is 0. The van der Waals surface area contributed by atoms with Crippen LogP contribution in [0.4, 0.5) is 13.9 Å². The van der Waals surface area contributed by atoms with Crippen molar-refractivity contribution in [2.75, 3.05) is 5.32 Å². The molecule has 2 heterocycles. The first-order valence-electron chi connectivity index (χ1n) is 8.72. The molecule has 1 aliphatic rings. The lowest BCUT2D eigenvalue weighted by molar-refractivity contribution is -0.117. The molecule has 8 heteroatoms. The third kappa shape index (κ3) is 3.37. The number of nitrogens with zero attached hydrogens (tertiary/aromatic N) is 3. The number of hydrogen-bond donors (Lipinski definition) is 1. The van der Waals surface area contributed by atoms with Crippen molar-refractivity contribution in [2.45, 2.75) is 38.7 Å². The molecule has 0 fully saturated rings. The highest BCUT2D eigenvalue weighted by molar-refractivity contribution is 7.19. The number of thiazole rings is 1. The zero-order chi connectivity index (χ0) is 19.0. The Morgan fingerprint density at radius 1 is 1.37 bits per heavy atom. The zero-order valence-corrected chi connectivity index (χ0v) is 15.5. The van der Waals surface area contributed by atoms with Gasteiger partial charge in [-0.25, -0.2) is 9.97 Å². The first-order chi connectivity index (χ1) is 13.0. The van der Waals surface area contributed by atoms with E-state index >= 15 is 0 Å². The minimum absolute atomic E-state index is 0.111. The summed E-state index contributed by atoms with van der Waals surface area (Å²) in [5, 5.41) is 3.27. The smallest absolute Gasteiger partial charge is 0.301 e. The second-order valence-corrected chi connectivity index (χ2v) is 7.50. The number of aryl methyl sites for hydroxylation is 2. The topological polar surface area (TPSA) is 59.8 Å². The number of imidazole rings is 1. The average Bonchev–Trinajstić information content (AvgIpc) is 3.27. The standard InChI is InChI=1S/C19H18F2N4OS/c1-11-15(16-22-9-10-25(16)18(20)21)27-19(23-11)24-17(26)14-8-4-6-12-5-2-3-7-13(12)14/h2-3,5,7,9-10,14,18H,4,6,8H2,1H3,(H,23,24,26). The van der Waals surface area contributed by atoms with Crippen LogP contribution in [-0.4, -0.2) is 20.4 Å². The lowest BCUT2D eigenvalue weighted by atomic mass is 9.82. The van der Waals surface area contributed by atoms with Gasteiger partial charge in [0.25, 0.3) is 0 Å². The first kappa shape index (κ1) is 17.8. The molecule has 0 saturated heterocycles. The minimum atomic E-state index is -2.68. The van der Waals surface area contributed by atoms with Gasteiger partial charge >= 0.3 is 6.55 Å². The number of nitrogens with one attached hydrogen (secondary N) is 1. The van der Waals surface area contributed by atoms with Crippen LogP contribution in [-0.2, 0) is 11.2 Å². The molecular formula is C19H18F2N4OS. The van der Waals surface area contributed by atoms with Gasteiger partial charge in [-0.15, -0.1) is 0 Å². The summed E-state index contributed by atoms with van der Waals surface area (Å²) in [6.07, 6.45) is 5.30. The normalized spacial score (nSPS) is 16.4. The first-order valence-corrected chi connectivity index (χ1v) is 9.53. The van der Waals surface area contributed by atoms with E-state index in [1.54, 1.807) is 6.92 Å². The van der Waals surface area contributed by atoms with E-state index in [1.807, 2.05) is 18.2 Å². The molecule has 0 saturated carbocycles. The lowest BCUT2D eigenvalue weighted by Gasteiger charge is -2.24. The molecule has 4 rings (SSSR count). The summed E-state index contributed by atoms with van der Waals surface area (Å²) in [5.74, 6) is -0.172. The van der Waals surface area contributed by atoms with E-state index in [9.17, 15) is 13.6 Å². The van der Waals surface area contributed by atoms with Crippen LogP contribution in [0.5, 0.6) is 0 Å². The van der Waals surface area contributed by atoms with Crippen LogP contribution < -0.4 is 5.32 Å². The van der Waals surface area contributed by atoms with Crippen molar-refractivity contribution in [3.05, 3.63) is 53.5 Å². The highest BCUT2D eigenvalue weighted by Crippen LogP contribution is 2.36. The number of alkyl halides is 2. The van der Waals surface area contributed by atoms with Crippen molar-refractivity contribution >= 4 is 22.4 Å².